The Kier molecular flexibility index (Phi) is 6.28. The van der Waals surface area contributed by atoms with Gasteiger partial charge in [0.05, 0.1) is 22.3 Å². The van der Waals surface area contributed by atoms with E-state index < -0.39 is 0 Å². The molecule has 0 bridgehead atoms. The van der Waals surface area contributed by atoms with Crippen LogP contribution in [0, 0.1) is 5.82 Å². The quantitative estimate of drug-likeness (QED) is 0.146. The summed E-state index contributed by atoms with van der Waals surface area (Å²) in [6.07, 6.45) is 10.2. The molecule has 0 atom stereocenters. The van der Waals surface area contributed by atoms with E-state index in [9.17, 15) is 0 Å². The van der Waals surface area contributed by atoms with Crippen LogP contribution in [0.15, 0.2) is 177 Å². The van der Waals surface area contributed by atoms with Gasteiger partial charge >= 0.3 is 0 Å². The molecule has 0 amide bonds. The molecule has 9 rings (SSSR count). The maximum absolute atomic E-state index is 17.2. The summed E-state index contributed by atoms with van der Waals surface area (Å²) in [4.78, 5) is 0. The number of rotatable bonds is 4. The van der Waals surface area contributed by atoms with Crippen molar-refractivity contribution in [1.82, 2.24) is 0 Å². The molecule has 6 heterocycles. The monoisotopic (exact) mass is 608 g/mol. The topological polar surface area (TPSA) is 16.4 Å². The van der Waals surface area contributed by atoms with E-state index in [1.807, 2.05) is 97.5 Å². The van der Waals surface area contributed by atoms with Crippen LogP contribution >= 0.6 is 0 Å². The Bertz CT molecular complexity index is 2640. The fourth-order valence-electron chi connectivity index (χ4n) is 6.96. The molecule has 5 heteroatoms. The molecule has 0 N–H and O–H groups in total. The number of hydrogen-bond acceptors (Lipinski definition) is 0. The second kappa shape index (κ2) is 10.9. The number of nitrogens with zero attached hydrogens (tertiary/aromatic N) is 4. The lowest BCUT2D eigenvalue weighted by molar-refractivity contribution is -0.556. The van der Waals surface area contributed by atoms with Gasteiger partial charge in [-0.2, -0.15) is 4.40 Å². The van der Waals surface area contributed by atoms with Gasteiger partial charge in [-0.1, -0.05) is 48.5 Å². The van der Waals surface area contributed by atoms with Gasteiger partial charge in [0, 0.05) is 48.0 Å². The highest BCUT2D eigenvalue weighted by molar-refractivity contribution is 5.90. The van der Waals surface area contributed by atoms with Crippen molar-refractivity contribution in [1.29, 1.82) is 0 Å². The van der Waals surface area contributed by atoms with Crippen molar-refractivity contribution >= 4 is 22.1 Å². The van der Waals surface area contributed by atoms with Crippen LogP contribution in [0.4, 0.5) is 4.39 Å². The smallest absolute Gasteiger partial charge is 0.205 e. The van der Waals surface area contributed by atoms with E-state index in [1.165, 1.54) is 0 Å². The summed E-state index contributed by atoms with van der Waals surface area (Å²) < 4.78 is 25.8. The third-order valence-electron chi connectivity index (χ3n) is 9.00. The molecule has 0 radical (unpaired) electrons. The Morgan fingerprint density at radius 2 is 0.936 bits per heavy atom. The summed E-state index contributed by atoms with van der Waals surface area (Å²) in [6.45, 7) is 0. The SMILES string of the molecule is Fc1c(-c2ccc[n+]3c(-c4ccccc4)c(-c4ccccc4)[n+]4ccccc4c23)cccc1-c1c[n+]2ccccc2c2cccc[n+]12. The Morgan fingerprint density at radius 3 is 1.68 bits per heavy atom. The van der Waals surface area contributed by atoms with Crippen LogP contribution in [0.25, 0.3) is 67.0 Å². The minimum atomic E-state index is -0.267. The van der Waals surface area contributed by atoms with E-state index in [1.54, 1.807) is 0 Å². The van der Waals surface area contributed by atoms with Gasteiger partial charge in [0.1, 0.15) is 5.82 Å². The van der Waals surface area contributed by atoms with E-state index in [-0.39, 0.29) is 5.82 Å². The molecular weight excluding hydrogens is 579 g/mol. The lowest BCUT2D eigenvalue weighted by atomic mass is 9.97. The first kappa shape index (κ1) is 27.0. The molecule has 3 aromatic carbocycles. The molecule has 47 heavy (non-hydrogen) atoms. The van der Waals surface area contributed by atoms with Crippen LogP contribution < -0.4 is 17.6 Å². The minimum absolute atomic E-state index is 0.267. The van der Waals surface area contributed by atoms with Crippen LogP contribution in [0.3, 0.4) is 0 Å². The zero-order valence-electron chi connectivity index (χ0n) is 25.4. The summed E-state index contributed by atoms with van der Waals surface area (Å²) in [5, 5.41) is 0. The van der Waals surface area contributed by atoms with Crippen molar-refractivity contribution in [3.63, 3.8) is 0 Å². The first-order chi connectivity index (χ1) is 23.3. The number of halogens is 1. The molecule has 6 aromatic heterocycles. The Labute approximate surface area is 270 Å². The molecule has 0 fully saturated rings. The molecule has 0 aliphatic carbocycles. The van der Waals surface area contributed by atoms with E-state index >= 15 is 4.39 Å². The number of fused-ring (bicyclic) bond motifs is 6. The molecule has 9 aromatic rings. The second-order valence-corrected chi connectivity index (χ2v) is 11.7. The average Bonchev–Trinajstić information content (AvgIpc) is 3.14. The summed E-state index contributed by atoms with van der Waals surface area (Å²) in [6, 6.07) is 49.0. The van der Waals surface area contributed by atoms with Crippen molar-refractivity contribution in [3.8, 4) is 44.9 Å². The molecule has 0 saturated heterocycles. The Hall–Kier alpha value is -6.33. The third kappa shape index (κ3) is 4.28. The van der Waals surface area contributed by atoms with Gasteiger partial charge in [-0.3, -0.25) is 0 Å². The normalized spacial score (nSPS) is 11.5. The van der Waals surface area contributed by atoms with Gasteiger partial charge in [0.15, 0.2) is 24.8 Å². The largest absolute Gasteiger partial charge is 0.291 e. The Morgan fingerprint density at radius 1 is 0.383 bits per heavy atom. The molecule has 0 spiro atoms. The lowest BCUT2D eigenvalue weighted by Crippen LogP contribution is -2.37. The summed E-state index contributed by atoms with van der Waals surface area (Å²) >= 11 is 0. The molecule has 220 valence electrons. The average molecular weight is 609 g/mol. The zero-order valence-corrected chi connectivity index (χ0v) is 25.4. The molecule has 0 unspecified atom stereocenters. The van der Waals surface area contributed by atoms with E-state index in [0.29, 0.717) is 11.1 Å². The zero-order chi connectivity index (χ0) is 31.3. The standard InChI is InChI=1S/C42H29FN4/c43-39-32(19-13-20-34(39)38-29-44-25-10-7-22-35(44)36-23-8-11-26-45(36)38)33-21-14-28-47-41(31-17-5-2-6-18-31)40(30-15-3-1-4-16-30)46-27-12-9-24-37(46)42(33)47/h1-29H/q+4. The van der Waals surface area contributed by atoms with Gasteiger partial charge in [0.25, 0.3) is 39.1 Å². The molecule has 4 nitrogen and oxygen atoms in total. The predicted octanol–water partition coefficient (Wildman–Crippen LogP) is 7.45. The molecule has 0 aliphatic heterocycles. The van der Waals surface area contributed by atoms with E-state index in [0.717, 1.165) is 55.8 Å². The van der Waals surface area contributed by atoms with Crippen LogP contribution in [-0.4, -0.2) is 0 Å². The van der Waals surface area contributed by atoms with Crippen LogP contribution in [0.2, 0.25) is 0 Å². The van der Waals surface area contributed by atoms with Crippen LogP contribution in [0.1, 0.15) is 0 Å². The number of benzene rings is 3. The summed E-state index contributed by atoms with van der Waals surface area (Å²) in [5.74, 6) is -0.267. The van der Waals surface area contributed by atoms with Gasteiger partial charge in [-0.15, -0.1) is 13.2 Å². The highest BCUT2D eigenvalue weighted by Crippen LogP contribution is 2.35. The molecular formula is C42H29FN4+4. The summed E-state index contributed by atoms with van der Waals surface area (Å²) in [7, 11) is 0. The second-order valence-electron chi connectivity index (χ2n) is 11.7. The number of aromatic nitrogens is 4. The minimum Gasteiger partial charge on any atom is -0.205 e. The van der Waals surface area contributed by atoms with E-state index in [4.69, 9.17) is 0 Å². The van der Waals surface area contributed by atoms with E-state index in [2.05, 4.69) is 96.7 Å². The van der Waals surface area contributed by atoms with Crippen molar-refractivity contribution in [2.45, 2.75) is 0 Å². The maximum Gasteiger partial charge on any atom is 0.291 e. The van der Waals surface area contributed by atoms with Crippen molar-refractivity contribution in [2.24, 2.45) is 0 Å². The van der Waals surface area contributed by atoms with Gasteiger partial charge < -0.3 is 0 Å². The van der Waals surface area contributed by atoms with Gasteiger partial charge in [0.2, 0.25) is 6.20 Å². The molecule has 0 aliphatic rings. The maximum atomic E-state index is 17.2. The fraction of sp³-hybridized carbons (Fsp3) is 0. The van der Waals surface area contributed by atoms with Crippen LogP contribution in [0.5, 0.6) is 0 Å². The first-order valence-corrected chi connectivity index (χ1v) is 15.7. The molecule has 0 saturated carbocycles. The lowest BCUT2D eigenvalue weighted by Gasteiger charge is -2.10. The van der Waals surface area contributed by atoms with Crippen molar-refractivity contribution < 1.29 is 22.0 Å². The highest BCUT2D eigenvalue weighted by Gasteiger charge is 2.34. The third-order valence-corrected chi connectivity index (χ3v) is 9.00. The van der Waals surface area contributed by atoms with Crippen molar-refractivity contribution in [3.05, 3.63) is 182 Å². The summed E-state index contributed by atoms with van der Waals surface area (Å²) in [5.41, 5.74) is 10.9. The van der Waals surface area contributed by atoms with Crippen molar-refractivity contribution in [2.75, 3.05) is 0 Å². The predicted molar refractivity (Wildman–Crippen MR) is 181 cm³/mol. The number of hydrogen-bond donors (Lipinski definition) is 0. The first-order valence-electron chi connectivity index (χ1n) is 15.7. The highest BCUT2D eigenvalue weighted by atomic mass is 19.1. The number of pyridine rings is 4. The van der Waals surface area contributed by atoms with Gasteiger partial charge in [-0.25, -0.2) is 4.39 Å². The van der Waals surface area contributed by atoms with Crippen LogP contribution in [-0.2, 0) is 0 Å². The fourth-order valence-corrected chi connectivity index (χ4v) is 6.96. The van der Waals surface area contributed by atoms with Gasteiger partial charge in [-0.05, 0) is 54.6 Å². The Balaban J connectivity index is 1.38.